The Balaban J connectivity index is 2.49. The number of hydrogen-bond acceptors (Lipinski definition) is 4. The zero-order valence-electron chi connectivity index (χ0n) is 11.2. The van der Waals surface area contributed by atoms with E-state index in [0.29, 0.717) is 13.0 Å². The highest BCUT2D eigenvalue weighted by Gasteiger charge is 2.30. The van der Waals surface area contributed by atoms with E-state index in [1.165, 1.54) is 0 Å². The monoisotopic (exact) mass is 260 g/mol. The minimum absolute atomic E-state index is 0.251. The third-order valence-electron chi connectivity index (χ3n) is 3.32. The van der Waals surface area contributed by atoms with Crippen LogP contribution < -0.4 is 5.73 Å². The van der Waals surface area contributed by atoms with Crippen molar-refractivity contribution in [3.05, 3.63) is 42.1 Å². The number of aromatic nitrogens is 1. The van der Waals surface area contributed by atoms with Crippen LogP contribution in [0.1, 0.15) is 18.4 Å². The number of methoxy groups -OCH3 is 1. The Labute approximate surface area is 113 Å². The largest absolute Gasteiger partial charge is 0.383 e. The van der Waals surface area contributed by atoms with Crippen LogP contribution in [0.4, 0.5) is 0 Å². The molecule has 1 aromatic carbocycles. The zero-order chi connectivity index (χ0) is 13.7. The second-order valence-corrected chi connectivity index (χ2v) is 4.73. The molecule has 3 N–H and O–H groups in total. The predicted molar refractivity (Wildman–Crippen MR) is 75.8 cm³/mol. The van der Waals surface area contributed by atoms with Crippen LogP contribution in [0.5, 0.6) is 0 Å². The Morgan fingerprint density at radius 1 is 1.32 bits per heavy atom. The molecule has 0 spiro atoms. The first kappa shape index (κ1) is 13.9. The fourth-order valence-corrected chi connectivity index (χ4v) is 2.43. The molecule has 1 unspecified atom stereocenters. The summed E-state index contributed by atoms with van der Waals surface area (Å²) in [6.45, 7) is 0.802. The Hall–Kier alpha value is -1.49. The number of hydrogen-bond donors (Lipinski definition) is 2. The van der Waals surface area contributed by atoms with E-state index in [-0.39, 0.29) is 6.61 Å². The van der Waals surface area contributed by atoms with E-state index in [1.54, 1.807) is 13.3 Å². The molecule has 0 fully saturated rings. The zero-order valence-corrected chi connectivity index (χ0v) is 11.2. The van der Waals surface area contributed by atoms with Gasteiger partial charge in [-0.05, 0) is 37.1 Å². The maximum absolute atomic E-state index is 10.9. The number of ether oxygens (including phenoxy) is 1. The molecule has 1 aromatic heterocycles. The number of nitrogens with two attached hydrogens (primary N) is 1. The lowest BCUT2D eigenvalue weighted by atomic mass is 9.87. The van der Waals surface area contributed by atoms with Crippen molar-refractivity contribution in [1.82, 2.24) is 4.98 Å². The Morgan fingerprint density at radius 3 is 2.89 bits per heavy atom. The van der Waals surface area contributed by atoms with Gasteiger partial charge >= 0.3 is 0 Å². The fourth-order valence-electron chi connectivity index (χ4n) is 2.43. The molecule has 0 saturated carbocycles. The molecule has 1 atom stereocenters. The topological polar surface area (TPSA) is 68.4 Å². The molecule has 4 nitrogen and oxygen atoms in total. The molecule has 19 heavy (non-hydrogen) atoms. The van der Waals surface area contributed by atoms with Crippen LogP contribution >= 0.6 is 0 Å². The van der Waals surface area contributed by atoms with Gasteiger partial charge in [-0.3, -0.25) is 4.98 Å². The highest BCUT2D eigenvalue weighted by atomic mass is 16.5. The molecule has 0 aliphatic carbocycles. The lowest BCUT2D eigenvalue weighted by Gasteiger charge is -2.29. The van der Waals surface area contributed by atoms with Gasteiger partial charge in [0.05, 0.1) is 12.1 Å². The van der Waals surface area contributed by atoms with Crippen molar-refractivity contribution < 1.29 is 9.84 Å². The van der Waals surface area contributed by atoms with Crippen molar-refractivity contribution >= 4 is 10.9 Å². The standard InChI is InChI=1S/C15H20N2O2/c1-19-11-15(18,8-4-9-16)13-6-2-7-14-12(13)5-3-10-17-14/h2-3,5-7,10,18H,4,8-9,11,16H2,1H3. The third kappa shape index (κ3) is 2.92. The molecule has 0 bridgehead atoms. The molecule has 2 rings (SSSR count). The molecule has 4 heteroatoms. The van der Waals surface area contributed by atoms with Crippen LogP contribution in [0.15, 0.2) is 36.5 Å². The number of nitrogens with zero attached hydrogens (tertiary/aromatic N) is 1. The van der Waals surface area contributed by atoms with Gasteiger partial charge in [0.2, 0.25) is 0 Å². The minimum atomic E-state index is -1.02. The molecule has 0 aliphatic heterocycles. The SMILES string of the molecule is COCC(O)(CCCN)c1cccc2ncccc12. The van der Waals surface area contributed by atoms with E-state index in [0.717, 1.165) is 22.9 Å². The second-order valence-electron chi connectivity index (χ2n) is 4.73. The number of fused-ring (bicyclic) bond motifs is 1. The van der Waals surface area contributed by atoms with Gasteiger partial charge in [0.1, 0.15) is 5.60 Å². The maximum atomic E-state index is 10.9. The van der Waals surface area contributed by atoms with Crippen LogP contribution in [0, 0.1) is 0 Å². The lowest BCUT2D eigenvalue weighted by molar-refractivity contribution is -0.0418. The Kier molecular flexibility index (Phi) is 4.47. The highest BCUT2D eigenvalue weighted by molar-refractivity contribution is 5.82. The first-order chi connectivity index (χ1) is 9.21. The van der Waals surface area contributed by atoms with Gasteiger partial charge < -0.3 is 15.6 Å². The summed E-state index contributed by atoms with van der Waals surface area (Å²) >= 11 is 0. The van der Waals surface area contributed by atoms with Crippen molar-refractivity contribution in [2.75, 3.05) is 20.3 Å². The number of rotatable bonds is 6. The normalized spacial score (nSPS) is 14.5. The van der Waals surface area contributed by atoms with E-state index >= 15 is 0 Å². The molecule has 0 radical (unpaired) electrons. The maximum Gasteiger partial charge on any atom is 0.114 e. The summed E-state index contributed by atoms with van der Waals surface area (Å²) < 4.78 is 5.20. The van der Waals surface area contributed by atoms with E-state index < -0.39 is 5.60 Å². The summed E-state index contributed by atoms with van der Waals surface area (Å²) in [5, 5.41) is 11.9. The van der Waals surface area contributed by atoms with Gasteiger partial charge in [-0.2, -0.15) is 0 Å². The third-order valence-corrected chi connectivity index (χ3v) is 3.32. The average molecular weight is 260 g/mol. The van der Waals surface area contributed by atoms with E-state index in [4.69, 9.17) is 10.5 Å². The van der Waals surface area contributed by atoms with Gasteiger partial charge in [-0.1, -0.05) is 18.2 Å². The number of aliphatic hydroxyl groups is 1. The molecule has 0 saturated heterocycles. The van der Waals surface area contributed by atoms with E-state index in [2.05, 4.69) is 4.98 Å². The first-order valence-electron chi connectivity index (χ1n) is 6.47. The summed E-state index contributed by atoms with van der Waals surface area (Å²) in [4.78, 5) is 4.32. The average Bonchev–Trinajstić information content (AvgIpc) is 2.45. The van der Waals surface area contributed by atoms with Gasteiger partial charge in [-0.25, -0.2) is 0 Å². The van der Waals surface area contributed by atoms with Crippen molar-refractivity contribution in [3.63, 3.8) is 0 Å². The lowest BCUT2D eigenvalue weighted by Crippen LogP contribution is -2.32. The van der Waals surface area contributed by atoms with Crippen molar-refractivity contribution in [1.29, 1.82) is 0 Å². The van der Waals surface area contributed by atoms with Crippen molar-refractivity contribution in [3.8, 4) is 0 Å². The molecule has 0 aliphatic rings. The van der Waals surface area contributed by atoms with Crippen LogP contribution in [-0.2, 0) is 10.3 Å². The fraction of sp³-hybridized carbons (Fsp3) is 0.400. The molecular formula is C15H20N2O2. The van der Waals surface area contributed by atoms with Gasteiger partial charge in [0, 0.05) is 18.7 Å². The molecule has 1 heterocycles. The molecule has 2 aromatic rings. The summed E-state index contributed by atoms with van der Waals surface area (Å²) in [6.07, 6.45) is 3.07. The van der Waals surface area contributed by atoms with E-state index in [1.807, 2.05) is 30.3 Å². The summed E-state index contributed by atoms with van der Waals surface area (Å²) in [7, 11) is 1.59. The molecule has 0 amide bonds. The quantitative estimate of drug-likeness (QED) is 0.831. The summed E-state index contributed by atoms with van der Waals surface area (Å²) in [6, 6.07) is 9.63. The van der Waals surface area contributed by atoms with Crippen LogP contribution in [0.3, 0.4) is 0 Å². The van der Waals surface area contributed by atoms with E-state index in [9.17, 15) is 5.11 Å². The predicted octanol–water partition coefficient (Wildman–Crippen LogP) is 1.81. The second kappa shape index (κ2) is 6.10. The highest BCUT2D eigenvalue weighted by Crippen LogP contribution is 2.32. The summed E-state index contributed by atoms with van der Waals surface area (Å²) in [5.41, 5.74) is 6.27. The summed E-state index contributed by atoms with van der Waals surface area (Å²) in [5.74, 6) is 0. The van der Waals surface area contributed by atoms with Crippen molar-refractivity contribution in [2.24, 2.45) is 5.73 Å². The van der Waals surface area contributed by atoms with Crippen LogP contribution in [0.25, 0.3) is 10.9 Å². The first-order valence-corrected chi connectivity index (χ1v) is 6.47. The number of pyridine rings is 1. The van der Waals surface area contributed by atoms with Crippen LogP contribution in [0.2, 0.25) is 0 Å². The smallest absolute Gasteiger partial charge is 0.114 e. The Bertz CT molecular complexity index is 539. The van der Waals surface area contributed by atoms with Gasteiger partial charge in [0.15, 0.2) is 0 Å². The minimum Gasteiger partial charge on any atom is -0.383 e. The number of benzene rings is 1. The van der Waals surface area contributed by atoms with Crippen LogP contribution in [-0.4, -0.2) is 30.4 Å². The Morgan fingerprint density at radius 2 is 2.16 bits per heavy atom. The molecular weight excluding hydrogens is 240 g/mol. The van der Waals surface area contributed by atoms with Gasteiger partial charge in [-0.15, -0.1) is 0 Å². The van der Waals surface area contributed by atoms with Gasteiger partial charge in [0.25, 0.3) is 0 Å². The molecule has 102 valence electrons. The van der Waals surface area contributed by atoms with Crippen molar-refractivity contribution in [2.45, 2.75) is 18.4 Å².